The molecule has 0 fully saturated rings. The van der Waals surface area contributed by atoms with E-state index < -0.39 is 33.9 Å². The Hall–Kier alpha value is -0.930. The van der Waals surface area contributed by atoms with Crippen molar-refractivity contribution in [1.29, 1.82) is 0 Å². The third kappa shape index (κ3) is 6.71. The van der Waals surface area contributed by atoms with Crippen LogP contribution in [0.5, 0.6) is 0 Å². The Kier molecular flexibility index (Phi) is 9.89. The monoisotopic (exact) mass is 380 g/mol. The topological polar surface area (TPSA) is 132 Å². The number of rotatable bonds is 9. The molecule has 3 unspecified atom stereocenters. The van der Waals surface area contributed by atoms with Gasteiger partial charge in [-0.3, -0.25) is 9.59 Å². The zero-order valence-corrected chi connectivity index (χ0v) is 17.3. The van der Waals surface area contributed by atoms with Crippen LogP contribution in [-0.2, 0) is 19.7 Å². The predicted molar refractivity (Wildman–Crippen MR) is 84.6 cm³/mol. The van der Waals surface area contributed by atoms with Crippen LogP contribution >= 0.6 is 0 Å². The van der Waals surface area contributed by atoms with Crippen LogP contribution in [0.25, 0.3) is 0 Å². The maximum absolute atomic E-state index is 11.5. The van der Waals surface area contributed by atoms with Gasteiger partial charge in [-0.2, -0.15) is 0 Å². The van der Waals surface area contributed by atoms with Crippen LogP contribution in [-0.4, -0.2) is 35.1 Å². The summed E-state index contributed by atoms with van der Waals surface area (Å²) >= 11 is 0. The summed E-state index contributed by atoms with van der Waals surface area (Å²) in [6, 6.07) is 5.31. The molecule has 7 nitrogen and oxygen atoms in total. The molecule has 3 atom stereocenters. The molecule has 1 aromatic carbocycles. The normalized spacial score (nSPS) is 14.8. The van der Waals surface area contributed by atoms with E-state index >= 15 is 0 Å². The summed E-state index contributed by atoms with van der Waals surface area (Å²) in [6.45, 7) is 3.47. The Morgan fingerprint density at radius 1 is 1.00 bits per heavy atom. The summed E-state index contributed by atoms with van der Waals surface area (Å²) < 4.78 is 32.9. The van der Waals surface area contributed by atoms with Crippen molar-refractivity contribution in [2.24, 2.45) is 11.8 Å². The maximum Gasteiger partial charge on any atom is 1.00 e. The average Bonchev–Trinajstić information content (AvgIpc) is 2.50. The Labute approximate surface area is 169 Å². The van der Waals surface area contributed by atoms with Crippen molar-refractivity contribution in [1.82, 2.24) is 0 Å². The second kappa shape index (κ2) is 10.3. The minimum absolute atomic E-state index is 0. The van der Waals surface area contributed by atoms with E-state index in [1.165, 1.54) is 24.3 Å². The fourth-order valence-electron chi connectivity index (χ4n) is 2.82. The molecule has 1 rings (SSSR count). The van der Waals surface area contributed by atoms with Gasteiger partial charge >= 0.3 is 41.5 Å². The molecule has 0 aliphatic rings. The fraction of sp³-hybridized carbons (Fsp3) is 0.500. The summed E-state index contributed by atoms with van der Waals surface area (Å²) in [5.74, 6) is -4.59. The van der Waals surface area contributed by atoms with Crippen LogP contribution in [0, 0.1) is 11.8 Å². The molecule has 2 N–H and O–H groups in total. The number of carbonyl (C=O) groups is 2. The van der Waals surface area contributed by atoms with Gasteiger partial charge in [0.25, 0.3) is 0 Å². The van der Waals surface area contributed by atoms with Crippen LogP contribution in [0.3, 0.4) is 0 Å². The quantitative estimate of drug-likeness (QED) is 0.427. The van der Waals surface area contributed by atoms with Crippen molar-refractivity contribution >= 4 is 22.1 Å². The zero-order valence-electron chi connectivity index (χ0n) is 14.5. The first-order chi connectivity index (χ1) is 11.1. The van der Waals surface area contributed by atoms with Crippen LogP contribution < -0.4 is 29.6 Å². The van der Waals surface area contributed by atoms with Crippen LogP contribution in [0.4, 0.5) is 0 Å². The van der Waals surface area contributed by atoms with Crippen LogP contribution in [0.15, 0.2) is 29.2 Å². The zero-order chi connectivity index (χ0) is 18.5. The SMILES string of the molecule is CCC(CC(C(=O)O)C(CC)C(=O)O)c1ccc(S(=O)(=O)[O-])cc1.[Na+]. The van der Waals surface area contributed by atoms with Crippen molar-refractivity contribution in [3.8, 4) is 0 Å². The molecule has 0 radical (unpaired) electrons. The molecule has 1 aromatic rings. The average molecular weight is 380 g/mol. The molecule has 0 amide bonds. The van der Waals surface area contributed by atoms with Gasteiger partial charge in [0.2, 0.25) is 0 Å². The van der Waals surface area contributed by atoms with Crippen molar-refractivity contribution in [2.45, 2.75) is 43.9 Å². The molecule has 0 aliphatic carbocycles. The van der Waals surface area contributed by atoms with E-state index in [-0.39, 0.29) is 53.2 Å². The summed E-state index contributed by atoms with van der Waals surface area (Å²) in [7, 11) is -4.54. The Morgan fingerprint density at radius 3 is 1.80 bits per heavy atom. The van der Waals surface area contributed by atoms with Gasteiger partial charge in [-0.1, -0.05) is 26.0 Å². The molecule has 9 heteroatoms. The molecule has 0 spiro atoms. The first-order valence-corrected chi connectivity index (χ1v) is 9.04. The van der Waals surface area contributed by atoms with E-state index in [0.29, 0.717) is 12.0 Å². The predicted octanol–water partition coefficient (Wildman–Crippen LogP) is -0.710. The standard InChI is InChI=1S/C16H22O7S.Na/c1-3-10(9-14(16(19)20)13(4-2)15(17)18)11-5-7-12(8-6-11)24(21,22)23;/h5-8,10,13-14H,3-4,9H2,1-2H3,(H,17,18)(H,19,20)(H,21,22,23);/q;+1/p-1. The molecule has 0 aromatic heterocycles. The van der Waals surface area contributed by atoms with E-state index in [1.807, 2.05) is 6.92 Å². The van der Waals surface area contributed by atoms with E-state index in [4.69, 9.17) is 0 Å². The minimum Gasteiger partial charge on any atom is -0.744 e. The minimum atomic E-state index is -4.54. The molecule has 0 saturated carbocycles. The number of benzene rings is 1. The van der Waals surface area contributed by atoms with Gasteiger partial charge in [0.05, 0.1) is 16.7 Å². The number of carboxylic acid groups (broad SMARTS) is 2. The Morgan fingerprint density at radius 2 is 1.48 bits per heavy atom. The van der Waals surface area contributed by atoms with E-state index in [2.05, 4.69) is 0 Å². The van der Waals surface area contributed by atoms with Crippen LogP contribution in [0.2, 0.25) is 0 Å². The van der Waals surface area contributed by atoms with Gasteiger partial charge in [-0.15, -0.1) is 0 Å². The van der Waals surface area contributed by atoms with Crippen molar-refractivity contribution in [3.05, 3.63) is 29.8 Å². The number of hydrogen-bond donors (Lipinski definition) is 2. The van der Waals surface area contributed by atoms with Gasteiger partial charge < -0.3 is 14.8 Å². The van der Waals surface area contributed by atoms with E-state index in [1.54, 1.807) is 6.92 Å². The third-order valence-electron chi connectivity index (χ3n) is 4.23. The fourth-order valence-corrected chi connectivity index (χ4v) is 3.29. The molecule has 0 bridgehead atoms. The molecule has 134 valence electrons. The smallest absolute Gasteiger partial charge is 0.744 e. The Bertz CT molecular complexity index is 685. The first kappa shape index (κ1) is 24.1. The van der Waals surface area contributed by atoms with Gasteiger partial charge in [0.15, 0.2) is 0 Å². The van der Waals surface area contributed by atoms with Gasteiger partial charge in [0.1, 0.15) is 10.1 Å². The summed E-state index contributed by atoms with van der Waals surface area (Å²) in [4.78, 5) is 22.4. The van der Waals surface area contributed by atoms with Crippen LogP contribution in [0.1, 0.15) is 44.6 Å². The molecule has 0 aliphatic heterocycles. The van der Waals surface area contributed by atoms with Crippen molar-refractivity contribution in [3.63, 3.8) is 0 Å². The van der Waals surface area contributed by atoms with E-state index in [9.17, 15) is 32.8 Å². The van der Waals surface area contributed by atoms with E-state index in [0.717, 1.165) is 0 Å². The first-order valence-electron chi connectivity index (χ1n) is 7.63. The molecular formula is C16H21NaO7S. The number of hydrogen-bond acceptors (Lipinski definition) is 5. The summed E-state index contributed by atoms with van der Waals surface area (Å²) in [5.41, 5.74) is 0.677. The third-order valence-corrected chi connectivity index (χ3v) is 5.08. The summed E-state index contributed by atoms with van der Waals surface area (Å²) in [5, 5.41) is 18.6. The second-order valence-electron chi connectivity index (χ2n) is 5.66. The van der Waals surface area contributed by atoms with Crippen molar-refractivity contribution in [2.75, 3.05) is 0 Å². The van der Waals surface area contributed by atoms with Crippen molar-refractivity contribution < 1.29 is 62.3 Å². The van der Waals surface area contributed by atoms with Gasteiger partial charge in [-0.05, 0) is 42.9 Å². The molecule has 0 saturated heterocycles. The largest absolute Gasteiger partial charge is 1.00 e. The van der Waals surface area contributed by atoms with Gasteiger partial charge in [-0.25, -0.2) is 8.42 Å². The Balaban J connectivity index is 0.00000576. The molecule has 25 heavy (non-hydrogen) atoms. The maximum atomic E-state index is 11.5. The molecular weight excluding hydrogens is 359 g/mol. The second-order valence-corrected chi connectivity index (χ2v) is 7.04. The number of carboxylic acids is 2. The number of aliphatic carboxylic acids is 2. The summed E-state index contributed by atoms with van der Waals surface area (Å²) in [6.07, 6.45) is 0.888. The molecule has 0 heterocycles. The van der Waals surface area contributed by atoms with Gasteiger partial charge in [0, 0.05) is 0 Å².